The molecule has 1 aliphatic rings. The van der Waals surface area contributed by atoms with Crippen molar-refractivity contribution < 1.29 is 0 Å². The molecule has 0 aliphatic carbocycles. The molecule has 2 aromatic rings. The van der Waals surface area contributed by atoms with Crippen LogP contribution in [0.5, 0.6) is 0 Å². The maximum atomic E-state index is 3.98. The molecule has 5 heteroatoms. The topological polar surface area (TPSA) is 46.3 Å². The van der Waals surface area contributed by atoms with Gasteiger partial charge in [0.2, 0.25) is 0 Å². The van der Waals surface area contributed by atoms with E-state index in [9.17, 15) is 0 Å². The summed E-state index contributed by atoms with van der Waals surface area (Å²) in [4.78, 5) is 2.43. The molecule has 0 saturated carbocycles. The van der Waals surface area contributed by atoms with Gasteiger partial charge in [0.05, 0.1) is 0 Å². The maximum absolute atomic E-state index is 3.98. The Morgan fingerprint density at radius 3 is 2.61 bits per heavy atom. The van der Waals surface area contributed by atoms with Gasteiger partial charge in [0.15, 0.2) is 5.65 Å². The number of rotatable bonds is 5. The fourth-order valence-electron chi connectivity index (χ4n) is 2.88. The lowest BCUT2D eigenvalue weighted by Gasteiger charge is -2.28. The Morgan fingerprint density at radius 2 is 1.91 bits per heavy atom. The van der Waals surface area contributed by atoms with Gasteiger partial charge in [0, 0.05) is 6.20 Å². The summed E-state index contributed by atoms with van der Waals surface area (Å²) in [7, 11) is 2.22. The molecule has 0 atom stereocenters. The number of unbranched alkanes of at least 4 members (excludes halogenated alkanes) is 1. The molecular weight excluding hydrogens is 286 g/mol. The second kappa shape index (κ2) is 9.60. The van der Waals surface area contributed by atoms with Crippen molar-refractivity contribution in [2.75, 3.05) is 20.1 Å². The van der Waals surface area contributed by atoms with E-state index in [4.69, 9.17) is 0 Å². The highest BCUT2D eigenvalue weighted by molar-refractivity contribution is 5.38. The van der Waals surface area contributed by atoms with Crippen LogP contribution in [0.15, 0.2) is 18.3 Å². The summed E-state index contributed by atoms with van der Waals surface area (Å²) in [6, 6.07) is 4.21. The summed E-state index contributed by atoms with van der Waals surface area (Å²) in [6.45, 7) is 6.89. The van der Waals surface area contributed by atoms with Gasteiger partial charge in [-0.1, -0.05) is 33.1 Å². The van der Waals surface area contributed by atoms with Crippen LogP contribution in [0.3, 0.4) is 0 Å². The molecule has 0 aromatic carbocycles. The lowest BCUT2D eigenvalue weighted by atomic mass is 9.91. The lowest BCUT2D eigenvalue weighted by Crippen LogP contribution is -2.30. The molecule has 0 amide bonds. The molecule has 0 unspecified atom stereocenters. The quantitative estimate of drug-likeness (QED) is 0.845. The molecule has 2 aromatic heterocycles. The van der Waals surface area contributed by atoms with Crippen LogP contribution >= 0.6 is 0 Å². The number of hydrogen-bond donors (Lipinski definition) is 0. The second-order valence-corrected chi connectivity index (χ2v) is 6.66. The van der Waals surface area contributed by atoms with Gasteiger partial charge >= 0.3 is 0 Å². The van der Waals surface area contributed by atoms with Crippen LogP contribution in [0.4, 0.5) is 0 Å². The number of tetrazole rings is 1. The van der Waals surface area contributed by atoms with Crippen molar-refractivity contribution in [2.24, 2.45) is 5.92 Å². The summed E-state index contributed by atoms with van der Waals surface area (Å²) in [5.74, 6) is 0.926. The SMILES string of the molecule is CCCC.CN1CCC(CCCc2ccn3nnnc3c2)CC1. The number of aryl methyl sites for hydroxylation is 1. The average Bonchev–Trinajstić information content (AvgIpc) is 3.05. The Bertz CT molecular complexity index is 555. The first-order valence-corrected chi connectivity index (χ1v) is 9.08. The van der Waals surface area contributed by atoms with Crippen molar-refractivity contribution in [3.63, 3.8) is 0 Å². The largest absolute Gasteiger partial charge is 0.306 e. The maximum Gasteiger partial charge on any atom is 0.179 e. The number of pyridine rings is 1. The minimum absolute atomic E-state index is 0.844. The number of likely N-dealkylation sites (tertiary alicyclic amines) is 1. The molecule has 5 nitrogen and oxygen atoms in total. The van der Waals surface area contributed by atoms with Gasteiger partial charge in [-0.25, -0.2) is 4.52 Å². The Balaban J connectivity index is 0.000000433. The van der Waals surface area contributed by atoms with Crippen LogP contribution in [-0.2, 0) is 6.42 Å². The Hall–Kier alpha value is -1.49. The van der Waals surface area contributed by atoms with Crippen LogP contribution in [0.2, 0.25) is 0 Å². The van der Waals surface area contributed by atoms with Gasteiger partial charge in [-0.3, -0.25) is 0 Å². The highest BCUT2D eigenvalue weighted by atomic mass is 15.5. The van der Waals surface area contributed by atoms with E-state index < -0.39 is 0 Å². The van der Waals surface area contributed by atoms with Gasteiger partial charge in [-0.15, -0.1) is 5.10 Å². The Kier molecular flexibility index (Phi) is 7.46. The Morgan fingerprint density at radius 1 is 1.17 bits per heavy atom. The summed E-state index contributed by atoms with van der Waals surface area (Å²) in [6.07, 6.45) is 11.1. The molecule has 0 N–H and O–H groups in total. The van der Waals surface area contributed by atoms with Gasteiger partial charge in [-0.05, 0) is 79.9 Å². The number of piperidine rings is 1. The third kappa shape index (κ3) is 5.90. The summed E-state index contributed by atoms with van der Waals surface area (Å²) in [5, 5.41) is 11.5. The Labute approximate surface area is 140 Å². The fourth-order valence-corrected chi connectivity index (χ4v) is 2.88. The van der Waals surface area contributed by atoms with E-state index in [-0.39, 0.29) is 0 Å². The van der Waals surface area contributed by atoms with Crippen molar-refractivity contribution in [1.29, 1.82) is 0 Å². The second-order valence-electron chi connectivity index (χ2n) is 6.66. The van der Waals surface area contributed by atoms with E-state index in [1.54, 1.807) is 4.52 Å². The first-order valence-electron chi connectivity index (χ1n) is 9.08. The third-order valence-electron chi connectivity index (χ3n) is 4.68. The molecule has 3 rings (SSSR count). The van der Waals surface area contributed by atoms with Crippen LogP contribution in [0, 0.1) is 5.92 Å². The molecule has 0 bridgehead atoms. The molecule has 3 heterocycles. The molecule has 1 aliphatic heterocycles. The van der Waals surface area contributed by atoms with E-state index in [1.807, 2.05) is 6.20 Å². The minimum Gasteiger partial charge on any atom is -0.306 e. The monoisotopic (exact) mass is 317 g/mol. The fraction of sp³-hybridized carbons (Fsp3) is 0.722. The smallest absolute Gasteiger partial charge is 0.179 e. The predicted octanol–water partition coefficient (Wildman–Crippen LogP) is 3.60. The van der Waals surface area contributed by atoms with Crippen molar-refractivity contribution in [3.05, 3.63) is 23.9 Å². The van der Waals surface area contributed by atoms with E-state index in [0.29, 0.717) is 0 Å². The molecular formula is C18H31N5. The van der Waals surface area contributed by atoms with E-state index in [1.165, 1.54) is 57.2 Å². The van der Waals surface area contributed by atoms with Gasteiger partial charge in [0.25, 0.3) is 0 Å². The summed E-state index contributed by atoms with van der Waals surface area (Å²) >= 11 is 0. The zero-order valence-electron chi connectivity index (χ0n) is 14.9. The van der Waals surface area contributed by atoms with E-state index >= 15 is 0 Å². The lowest BCUT2D eigenvalue weighted by molar-refractivity contribution is 0.210. The van der Waals surface area contributed by atoms with Gasteiger partial charge in [-0.2, -0.15) is 0 Å². The van der Waals surface area contributed by atoms with Crippen LogP contribution in [0.25, 0.3) is 5.65 Å². The van der Waals surface area contributed by atoms with E-state index in [2.05, 4.69) is 53.5 Å². The predicted molar refractivity (Wildman–Crippen MR) is 94.5 cm³/mol. The highest BCUT2D eigenvalue weighted by Gasteiger charge is 2.15. The first kappa shape index (κ1) is 17.9. The van der Waals surface area contributed by atoms with Crippen molar-refractivity contribution in [2.45, 2.75) is 58.8 Å². The zero-order valence-corrected chi connectivity index (χ0v) is 14.9. The number of hydrogen-bond acceptors (Lipinski definition) is 4. The first-order chi connectivity index (χ1) is 11.2. The molecule has 1 fully saturated rings. The molecule has 1 saturated heterocycles. The average molecular weight is 317 g/mol. The number of fused-ring (bicyclic) bond motifs is 1. The molecule has 0 spiro atoms. The zero-order chi connectivity index (χ0) is 16.5. The van der Waals surface area contributed by atoms with Crippen LogP contribution < -0.4 is 0 Å². The van der Waals surface area contributed by atoms with Crippen LogP contribution in [-0.4, -0.2) is 45.1 Å². The number of aromatic nitrogens is 4. The summed E-state index contributed by atoms with van der Waals surface area (Å²) < 4.78 is 1.71. The van der Waals surface area contributed by atoms with Crippen molar-refractivity contribution in [3.8, 4) is 0 Å². The van der Waals surface area contributed by atoms with E-state index in [0.717, 1.165) is 18.0 Å². The molecule has 128 valence electrons. The molecule has 0 radical (unpaired) electrons. The normalized spacial score (nSPS) is 16.3. The minimum atomic E-state index is 0.844. The standard InChI is InChI=1S/C14H21N5.C4H10/c1-18-8-5-12(6-9-18)3-2-4-13-7-10-19-14(11-13)15-16-17-19;1-3-4-2/h7,10-12H,2-6,8-9H2,1H3;3-4H2,1-2H3. The van der Waals surface area contributed by atoms with Gasteiger partial charge in [0.1, 0.15) is 0 Å². The van der Waals surface area contributed by atoms with Gasteiger partial charge < -0.3 is 4.90 Å². The van der Waals surface area contributed by atoms with Crippen molar-refractivity contribution >= 4 is 5.65 Å². The van der Waals surface area contributed by atoms with Crippen LogP contribution in [0.1, 0.15) is 57.9 Å². The number of nitrogens with zero attached hydrogens (tertiary/aromatic N) is 5. The third-order valence-corrected chi connectivity index (χ3v) is 4.68. The molecule has 23 heavy (non-hydrogen) atoms. The van der Waals surface area contributed by atoms with Crippen molar-refractivity contribution in [1.82, 2.24) is 24.9 Å². The highest BCUT2D eigenvalue weighted by Crippen LogP contribution is 2.22. The summed E-state index contributed by atoms with van der Waals surface area (Å²) in [5.41, 5.74) is 2.19.